The first-order valence-corrected chi connectivity index (χ1v) is 9.71. The number of aromatic amines is 1. The van der Waals surface area contributed by atoms with Crippen LogP contribution in [0.25, 0.3) is 6.08 Å². The van der Waals surface area contributed by atoms with Crippen LogP contribution < -0.4 is 22.7 Å². The van der Waals surface area contributed by atoms with Gasteiger partial charge in [0.2, 0.25) is 0 Å². The normalized spacial score (nSPS) is 23.7. The average Bonchev–Trinajstić information content (AvgIpc) is 3.04. The lowest BCUT2D eigenvalue weighted by Gasteiger charge is -2.20. The molecule has 12 heteroatoms. The molecule has 1 aromatic heterocycles. The van der Waals surface area contributed by atoms with E-state index in [2.05, 4.69) is 20.9 Å². The fourth-order valence-electron chi connectivity index (χ4n) is 2.60. The molecular formula is C17H23BrN4O7. The van der Waals surface area contributed by atoms with Crippen LogP contribution in [0.1, 0.15) is 32.1 Å². The molecule has 0 saturated carbocycles. The molecule has 1 aromatic rings. The van der Waals surface area contributed by atoms with Crippen molar-refractivity contribution in [1.29, 1.82) is 0 Å². The number of hydrogen-bond donors (Lipinski definition) is 3. The second-order valence-electron chi connectivity index (χ2n) is 6.59. The Hall–Kier alpha value is -2.28. The summed E-state index contributed by atoms with van der Waals surface area (Å²) < 4.78 is 17.4. The maximum Gasteiger partial charge on any atom is 0.330 e. The molecule has 29 heavy (non-hydrogen) atoms. The van der Waals surface area contributed by atoms with Crippen molar-refractivity contribution in [2.45, 2.75) is 50.8 Å². The topological polar surface area (TPSA) is 169 Å². The van der Waals surface area contributed by atoms with Crippen molar-refractivity contribution in [3.8, 4) is 0 Å². The van der Waals surface area contributed by atoms with E-state index >= 15 is 0 Å². The maximum atomic E-state index is 12.2. The van der Waals surface area contributed by atoms with Crippen molar-refractivity contribution in [1.82, 2.24) is 9.55 Å². The van der Waals surface area contributed by atoms with E-state index < -0.39 is 53.7 Å². The number of hydrogen-bond acceptors (Lipinski definition) is 9. The van der Waals surface area contributed by atoms with E-state index in [1.807, 2.05) is 0 Å². The van der Waals surface area contributed by atoms with E-state index in [4.69, 9.17) is 25.7 Å². The Morgan fingerprint density at radius 2 is 2.00 bits per heavy atom. The maximum absolute atomic E-state index is 12.2. The molecule has 2 heterocycles. The Morgan fingerprint density at radius 3 is 2.59 bits per heavy atom. The highest BCUT2D eigenvalue weighted by Gasteiger charge is 2.40. The molecule has 11 nitrogen and oxygen atoms in total. The third-order valence-corrected chi connectivity index (χ3v) is 4.39. The van der Waals surface area contributed by atoms with Gasteiger partial charge in [0, 0.05) is 12.6 Å². The predicted molar refractivity (Wildman–Crippen MR) is 106 cm³/mol. The lowest BCUT2D eigenvalue weighted by atomic mass is 10.1. The fraction of sp³-hybridized carbons (Fsp3) is 0.529. The van der Waals surface area contributed by atoms with Gasteiger partial charge in [0.25, 0.3) is 5.56 Å². The van der Waals surface area contributed by atoms with E-state index in [1.165, 1.54) is 35.7 Å². The Labute approximate surface area is 174 Å². The number of nitrogens with one attached hydrogen (secondary N) is 1. The fourth-order valence-corrected chi connectivity index (χ4v) is 2.88. The monoisotopic (exact) mass is 474 g/mol. The summed E-state index contributed by atoms with van der Waals surface area (Å²) in [5, 5.41) is 0. The Morgan fingerprint density at radius 1 is 1.34 bits per heavy atom. The molecule has 1 aliphatic rings. The number of rotatable bonds is 7. The zero-order valence-corrected chi connectivity index (χ0v) is 17.5. The first-order valence-electron chi connectivity index (χ1n) is 8.80. The van der Waals surface area contributed by atoms with E-state index in [1.54, 1.807) is 0 Å². The molecule has 5 atom stereocenters. The number of carbonyl (C=O) groups is 2. The van der Waals surface area contributed by atoms with Crippen LogP contribution in [0, 0.1) is 0 Å². The lowest BCUT2D eigenvalue weighted by Crippen LogP contribution is -2.38. The van der Waals surface area contributed by atoms with Gasteiger partial charge in [-0.2, -0.15) is 0 Å². The highest BCUT2D eigenvalue weighted by Crippen LogP contribution is 2.30. The number of carbonyl (C=O) groups excluding carboxylic acids is 2. The first-order chi connectivity index (χ1) is 13.6. The van der Waals surface area contributed by atoms with E-state index in [9.17, 15) is 19.2 Å². The Balaban J connectivity index is 2.27. The summed E-state index contributed by atoms with van der Waals surface area (Å²) in [6, 6.07) is -1.70. The van der Waals surface area contributed by atoms with Crippen molar-refractivity contribution < 1.29 is 23.8 Å². The van der Waals surface area contributed by atoms with Gasteiger partial charge in [-0.3, -0.25) is 23.9 Å². The number of aromatic nitrogens is 2. The Bertz CT molecular complexity index is 893. The van der Waals surface area contributed by atoms with Crippen LogP contribution in [0.15, 0.2) is 20.8 Å². The minimum absolute atomic E-state index is 0.0856. The van der Waals surface area contributed by atoms with Gasteiger partial charge in [-0.25, -0.2) is 4.79 Å². The Kier molecular flexibility index (Phi) is 7.90. The van der Waals surface area contributed by atoms with E-state index in [-0.39, 0.29) is 18.6 Å². The van der Waals surface area contributed by atoms with Gasteiger partial charge < -0.3 is 25.7 Å². The van der Waals surface area contributed by atoms with Crippen molar-refractivity contribution in [2.24, 2.45) is 11.5 Å². The van der Waals surface area contributed by atoms with E-state index in [0.717, 1.165) is 0 Å². The molecule has 0 aromatic carbocycles. The minimum Gasteiger partial charge on any atom is -0.462 e. The van der Waals surface area contributed by atoms with Crippen LogP contribution in [-0.2, 0) is 23.8 Å². The second kappa shape index (κ2) is 9.96. The van der Waals surface area contributed by atoms with Crippen LogP contribution in [0.2, 0.25) is 0 Å². The molecule has 0 radical (unpaired) electrons. The quantitative estimate of drug-likeness (QED) is 0.434. The SMILES string of the molecule is C[C@H](N)C(=O)OC[C@@H]1O[C@H](n2cc(/C=C/Br)c(=O)[nH]c2=O)CC1OC(=O)[C@H](C)N. The summed E-state index contributed by atoms with van der Waals surface area (Å²) in [6.07, 6.45) is 0.325. The summed E-state index contributed by atoms with van der Waals surface area (Å²) in [7, 11) is 0. The largest absolute Gasteiger partial charge is 0.462 e. The van der Waals surface area contributed by atoms with E-state index in [0.29, 0.717) is 0 Å². The van der Waals surface area contributed by atoms with Gasteiger partial charge in [-0.1, -0.05) is 15.9 Å². The standard InChI is InChI=1S/C17H23BrN4O7/c1-8(19)15(24)27-7-12-11(29-16(25)9(2)20)5-13(28-12)22-6-10(3-4-18)14(23)21-17(22)26/h3-4,6,8-9,11-13H,5,7,19-20H2,1-2H3,(H,21,23,26)/b4-3+/t8-,9-,11?,12-,13-/m0/s1. The summed E-state index contributed by atoms with van der Waals surface area (Å²) in [6.45, 7) is 2.69. The van der Waals surface area contributed by atoms with Crippen LogP contribution in [-0.4, -0.2) is 52.4 Å². The number of H-pyrrole nitrogens is 1. The van der Waals surface area contributed by atoms with Gasteiger partial charge in [0.15, 0.2) is 0 Å². The van der Waals surface area contributed by atoms with Crippen LogP contribution in [0.3, 0.4) is 0 Å². The molecule has 1 unspecified atom stereocenters. The van der Waals surface area contributed by atoms with Crippen molar-refractivity contribution >= 4 is 33.9 Å². The molecule has 0 spiro atoms. The van der Waals surface area contributed by atoms with Crippen molar-refractivity contribution in [3.63, 3.8) is 0 Å². The molecule has 1 fully saturated rings. The van der Waals surface area contributed by atoms with Gasteiger partial charge in [0.1, 0.15) is 37.1 Å². The number of halogens is 1. The lowest BCUT2D eigenvalue weighted by molar-refractivity contribution is -0.159. The third-order valence-electron chi connectivity index (χ3n) is 4.13. The smallest absolute Gasteiger partial charge is 0.330 e. The highest BCUT2D eigenvalue weighted by molar-refractivity contribution is 9.11. The average molecular weight is 475 g/mol. The molecule has 0 aliphatic carbocycles. The number of esters is 2. The predicted octanol–water partition coefficient (Wildman–Crippen LogP) is -0.661. The van der Waals surface area contributed by atoms with Gasteiger partial charge in [-0.05, 0) is 24.9 Å². The molecular weight excluding hydrogens is 452 g/mol. The number of nitrogens with two attached hydrogens (primary N) is 2. The number of ether oxygens (including phenoxy) is 3. The van der Waals surface area contributed by atoms with Gasteiger partial charge in [-0.15, -0.1) is 0 Å². The minimum atomic E-state index is -0.869. The van der Waals surface area contributed by atoms with Crippen molar-refractivity contribution in [2.75, 3.05) is 6.61 Å². The molecule has 0 bridgehead atoms. The molecule has 1 aliphatic heterocycles. The van der Waals surface area contributed by atoms with Crippen molar-refractivity contribution in [3.05, 3.63) is 37.6 Å². The second-order valence-corrected chi connectivity index (χ2v) is 7.12. The van der Waals surface area contributed by atoms with Gasteiger partial charge >= 0.3 is 17.6 Å². The highest BCUT2D eigenvalue weighted by atomic mass is 79.9. The zero-order chi connectivity index (χ0) is 21.7. The number of nitrogens with zero attached hydrogens (tertiary/aromatic N) is 1. The van der Waals surface area contributed by atoms with Crippen LogP contribution in [0.5, 0.6) is 0 Å². The first kappa shape index (κ1) is 23.0. The molecule has 1 saturated heterocycles. The van der Waals surface area contributed by atoms with Crippen LogP contribution >= 0.6 is 15.9 Å². The molecule has 0 amide bonds. The molecule has 160 valence electrons. The van der Waals surface area contributed by atoms with Crippen LogP contribution in [0.4, 0.5) is 0 Å². The summed E-state index contributed by atoms with van der Waals surface area (Å²) in [5.74, 6) is -1.32. The van der Waals surface area contributed by atoms with Gasteiger partial charge in [0.05, 0.1) is 5.56 Å². The molecule has 5 N–H and O–H groups in total. The zero-order valence-electron chi connectivity index (χ0n) is 15.9. The summed E-state index contributed by atoms with van der Waals surface area (Å²) in [4.78, 5) is 51.3. The summed E-state index contributed by atoms with van der Waals surface area (Å²) in [5.41, 5.74) is 9.95. The molecule has 2 rings (SSSR count). The third kappa shape index (κ3) is 5.85. The summed E-state index contributed by atoms with van der Waals surface area (Å²) >= 11 is 3.07.